The van der Waals surface area contributed by atoms with E-state index < -0.39 is 10.0 Å². The molecule has 20 heavy (non-hydrogen) atoms. The third kappa shape index (κ3) is 3.03. The number of hydrogen-bond donors (Lipinski definition) is 0. The molecule has 0 atom stereocenters. The molecular formula is C13H21ClN2O3S. The molecule has 1 fully saturated rings. The van der Waals surface area contributed by atoms with Crippen LogP contribution in [0.15, 0.2) is 15.4 Å². The molecular weight excluding hydrogens is 300 g/mol. The highest BCUT2D eigenvalue weighted by Gasteiger charge is 2.32. The van der Waals surface area contributed by atoms with Crippen LogP contribution in [0.3, 0.4) is 0 Å². The minimum atomic E-state index is -3.47. The van der Waals surface area contributed by atoms with Gasteiger partial charge in [-0.05, 0) is 33.9 Å². The standard InChI is InChI=1S/C13H21ClN2O3S/c1-10-13(8-12(9-14)19-10)20(17,18)16-6-4-11(5-7-16)15(2)3/h8,11H,4-7,9H2,1-3H3. The minimum absolute atomic E-state index is 0.180. The normalized spacial score (nSPS) is 18.9. The molecule has 5 nitrogen and oxygen atoms in total. The van der Waals surface area contributed by atoms with Gasteiger partial charge < -0.3 is 9.32 Å². The molecule has 1 aliphatic rings. The molecule has 0 aromatic carbocycles. The minimum Gasteiger partial charge on any atom is -0.464 e. The van der Waals surface area contributed by atoms with Crippen LogP contribution in [0.5, 0.6) is 0 Å². The van der Waals surface area contributed by atoms with Crippen molar-refractivity contribution in [3.05, 3.63) is 17.6 Å². The quantitative estimate of drug-likeness (QED) is 0.797. The summed E-state index contributed by atoms with van der Waals surface area (Å²) in [6, 6.07) is 1.99. The number of hydrogen-bond acceptors (Lipinski definition) is 4. The molecule has 0 radical (unpaired) electrons. The summed E-state index contributed by atoms with van der Waals surface area (Å²) < 4.78 is 32.1. The molecule has 1 saturated heterocycles. The highest BCUT2D eigenvalue weighted by molar-refractivity contribution is 7.89. The first-order chi connectivity index (χ1) is 9.36. The van der Waals surface area contributed by atoms with Crippen molar-refractivity contribution in [2.45, 2.75) is 36.6 Å². The Kier molecular flexibility index (Phi) is 4.79. The van der Waals surface area contributed by atoms with E-state index >= 15 is 0 Å². The SMILES string of the molecule is Cc1oc(CCl)cc1S(=O)(=O)N1CCC(N(C)C)CC1. The molecule has 0 aliphatic carbocycles. The van der Waals surface area contributed by atoms with Crippen molar-refractivity contribution < 1.29 is 12.8 Å². The molecule has 1 aliphatic heterocycles. The summed E-state index contributed by atoms with van der Waals surface area (Å²) in [6.45, 7) is 2.76. The van der Waals surface area contributed by atoms with Crippen molar-refractivity contribution in [3.8, 4) is 0 Å². The second-order valence-electron chi connectivity index (χ2n) is 5.37. The number of rotatable bonds is 4. The van der Waals surface area contributed by atoms with E-state index in [1.54, 1.807) is 11.2 Å². The molecule has 1 aromatic rings. The van der Waals surface area contributed by atoms with Gasteiger partial charge in [0.05, 0.1) is 5.88 Å². The van der Waals surface area contributed by atoms with Crippen LogP contribution in [-0.2, 0) is 15.9 Å². The number of piperidine rings is 1. The summed E-state index contributed by atoms with van der Waals surface area (Å²) in [5.41, 5.74) is 0. The Morgan fingerprint density at radius 2 is 2.00 bits per heavy atom. The van der Waals surface area contributed by atoms with Gasteiger partial charge in [0.1, 0.15) is 16.4 Å². The number of furan rings is 1. The molecule has 2 rings (SSSR count). The summed E-state index contributed by atoms with van der Waals surface area (Å²) in [4.78, 5) is 2.40. The first-order valence-electron chi connectivity index (χ1n) is 6.68. The fourth-order valence-electron chi connectivity index (χ4n) is 2.58. The first kappa shape index (κ1) is 15.8. The van der Waals surface area contributed by atoms with Gasteiger partial charge >= 0.3 is 0 Å². The Morgan fingerprint density at radius 3 is 2.45 bits per heavy atom. The van der Waals surface area contributed by atoms with Crippen LogP contribution < -0.4 is 0 Å². The van der Waals surface area contributed by atoms with Crippen molar-refractivity contribution in [3.63, 3.8) is 0 Å². The summed E-state index contributed by atoms with van der Waals surface area (Å²) in [7, 11) is 0.590. The van der Waals surface area contributed by atoms with Gasteiger partial charge in [0, 0.05) is 25.2 Å². The maximum Gasteiger partial charge on any atom is 0.246 e. The number of halogens is 1. The zero-order valence-electron chi connectivity index (χ0n) is 12.1. The fraction of sp³-hybridized carbons (Fsp3) is 0.692. The Labute approximate surface area is 125 Å². The third-order valence-electron chi connectivity index (χ3n) is 3.83. The lowest BCUT2D eigenvalue weighted by Crippen LogP contribution is -2.44. The molecule has 0 unspecified atom stereocenters. The summed E-state index contributed by atoms with van der Waals surface area (Å²) in [6.07, 6.45) is 1.71. The molecule has 114 valence electrons. The molecule has 1 aromatic heterocycles. The van der Waals surface area contributed by atoms with Gasteiger partial charge in [0.25, 0.3) is 0 Å². The molecule has 2 heterocycles. The zero-order chi connectivity index (χ0) is 14.9. The van der Waals surface area contributed by atoms with Gasteiger partial charge in [-0.1, -0.05) is 0 Å². The number of nitrogens with zero attached hydrogens (tertiary/aromatic N) is 2. The van der Waals surface area contributed by atoms with Crippen molar-refractivity contribution in [1.29, 1.82) is 0 Å². The Bertz CT molecular complexity index is 560. The first-order valence-corrected chi connectivity index (χ1v) is 8.65. The van der Waals surface area contributed by atoms with Crippen LogP contribution in [0, 0.1) is 6.92 Å². The lowest BCUT2D eigenvalue weighted by molar-refractivity contribution is 0.196. The highest BCUT2D eigenvalue weighted by Crippen LogP contribution is 2.27. The van der Waals surface area contributed by atoms with Crippen LogP contribution in [0.25, 0.3) is 0 Å². The maximum atomic E-state index is 12.6. The maximum absolute atomic E-state index is 12.6. The number of sulfonamides is 1. The third-order valence-corrected chi connectivity index (χ3v) is 6.10. The fourth-order valence-corrected chi connectivity index (χ4v) is 4.37. The predicted molar refractivity (Wildman–Crippen MR) is 78.5 cm³/mol. The smallest absolute Gasteiger partial charge is 0.246 e. The topological polar surface area (TPSA) is 53.8 Å². The molecule has 0 amide bonds. The van der Waals surface area contributed by atoms with Gasteiger partial charge in [-0.25, -0.2) is 8.42 Å². The average Bonchev–Trinajstić information content (AvgIpc) is 2.81. The van der Waals surface area contributed by atoms with E-state index in [-0.39, 0.29) is 10.8 Å². The van der Waals surface area contributed by atoms with E-state index in [1.807, 2.05) is 14.1 Å². The lowest BCUT2D eigenvalue weighted by atomic mass is 10.1. The summed E-state index contributed by atoms with van der Waals surface area (Å²) in [5.74, 6) is 1.08. The van der Waals surface area contributed by atoms with E-state index in [0.29, 0.717) is 30.7 Å². The van der Waals surface area contributed by atoms with Crippen molar-refractivity contribution >= 4 is 21.6 Å². The zero-order valence-corrected chi connectivity index (χ0v) is 13.7. The van der Waals surface area contributed by atoms with Gasteiger partial charge in [-0.15, -0.1) is 11.6 Å². The molecule has 0 N–H and O–H groups in total. The Morgan fingerprint density at radius 1 is 1.40 bits per heavy atom. The monoisotopic (exact) mass is 320 g/mol. The second-order valence-corrected chi connectivity index (χ2v) is 7.54. The van der Waals surface area contributed by atoms with E-state index in [1.165, 1.54) is 6.07 Å². The number of alkyl halides is 1. The molecule has 7 heteroatoms. The van der Waals surface area contributed by atoms with Gasteiger partial charge in [-0.2, -0.15) is 4.31 Å². The van der Waals surface area contributed by atoms with Crippen molar-refractivity contribution in [2.24, 2.45) is 0 Å². The summed E-state index contributed by atoms with van der Waals surface area (Å²) in [5, 5.41) is 0. The molecule has 0 saturated carbocycles. The molecule has 0 spiro atoms. The largest absolute Gasteiger partial charge is 0.464 e. The van der Waals surface area contributed by atoms with Crippen molar-refractivity contribution in [1.82, 2.24) is 9.21 Å². The van der Waals surface area contributed by atoms with E-state index in [0.717, 1.165) is 12.8 Å². The van der Waals surface area contributed by atoms with Crippen LogP contribution in [0.4, 0.5) is 0 Å². The van der Waals surface area contributed by atoms with Gasteiger partial charge in [0.15, 0.2) is 0 Å². The van der Waals surface area contributed by atoms with Crippen molar-refractivity contribution in [2.75, 3.05) is 27.2 Å². The van der Waals surface area contributed by atoms with Crippen LogP contribution in [0.1, 0.15) is 24.4 Å². The Hall–Kier alpha value is -0.560. The van der Waals surface area contributed by atoms with Crippen LogP contribution in [0.2, 0.25) is 0 Å². The van der Waals surface area contributed by atoms with E-state index in [9.17, 15) is 8.42 Å². The number of aryl methyl sites for hydroxylation is 1. The predicted octanol–water partition coefficient (Wildman–Crippen LogP) is 2.04. The Balaban J connectivity index is 2.17. The van der Waals surface area contributed by atoms with E-state index in [4.69, 9.17) is 16.0 Å². The van der Waals surface area contributed by atoms with Gasteiger partial charge in [-0.3, -0.25) is 0 Å². The van der Waals surface area contributed by atoms with Gasteiger partial charge in [0.2, 0.25) is 10.0 Å². The lowest BCUT2D eigenvalue weighted by Gasteiger charge is -2.34. The van der Waals surface area contributed by atoms with Crippen LogP contribution in [-0.4, -0.2) is 50.8 Å². The highest BCUT2D eigenvalue weighted by atomic mass is 35.5. The average molecular weight is 321 g/mol. The molecule has 0 bridgehead atoms. The summed E-state index contributed by atoms with van der Waals surface area (Å²) >= 11 is 5.69. The van der Waals surface area contributed by atoms with Crippen LogP contribution >= 0.6 is 11.6 Å². The second kappa shape index (κ2) is 6.05. The van der Waals surface area contributed by atoms with E-state index in [2.05, 4.69) is 4.90 Å².